The van der Waals surface area contributed by atoms with Gasteiger partial charge in [0.25, 0.3) is 0 Å². The Kier molecular flexibility index (Phi) is 8.34. The highest BCUT2D eigenvalue weighted by atomic mass is 16.1. The molecule has 114 valence electrons. The van der Waals surface area contributed by atoms with E-state index >= 15 is 0 Å². The summed E-state index contributed by atoms with van der Waals surface area (Å²) in [4.78, 5) is 12.0. The molecule has 3 heteroatoms. The van der Waals surface area contributed by atoms with Crippen LogP contribution >= 0.6 is 0 Å². The molecule has 0 atom stereocenters. The van der Waals surface area contributed by atoms with Gasteiger partial charge in [-0.05, 0) is 19.3 Å². The standard InChI is InChI=1S/C17H30N2O/c1-2-3-4-6-9-12-16(20)19-17(15-18)13-10-7-5-8-11-14-17/h2-14H2,1H3,(H,19,20). The summed E-state index contributed by atoms with van der Waals surface area (Å²) >= 11 is 0. The van der Waals surface area contributed by atoms with Crippen LogP contribution in [0, 0.1) is 11.3 Å². The number of nitrogens with one attached hydrogen (secondary N) is 1. The molecule has 0 aromatic heterocycles. The van der Waals surface area contributed by atoms with Crippen LogP contribution in [0.15, 0.2) is 0 Å². The van der Waals surface area contributed by atoms with Gasteiger partial charge in [0.2, 0.25) is 5.91 Å². The van der Waals surface area contributed by atoms with E-state index in [2.05, 4.69) is 18.3 Å². The van der Waals surface area contributed by atoms with E-state index in [1.807, 2.05) is 0 Å². The molecule has 20 heavy (non-hydrogen) atoms. The Labute approximate surface area is 124 Å². The van der Waals surface area contributed by atoms with Crippen molar-refractivity contribution in [2.45, 2.75) is 95.9 Å². The largest absolute Gasteiger partial charge is 0.338 e. The minimum atomic E-state index is -0.582. The predicted octanol–water partition coefficient (Wildman–Crippen LogP) is 4.47. The van der Waals surface area contributed by atoms with Gasteiger partial charge in [0, 0.05) is 6.42 Å². The molecule has 0 heterocycles. The maximum Gasteiger partial charge on any atom is 0.221 e. The van der Waals surface area contributed by atoms with Crippen molar-refractivity contribution in [1.82, 2.24) is 5.32 Å². The maximum absolute atomic E-state index is 12.0. The summed E-state index contributed by atoms with van der Waals surface area (Å²) < 4.78 is 0. The number of nitrogens with zero attached hydrogens (tertiary/aromatic N) is 1. The monoisotopic (exact) mass is 278 g/mol. The van der Waals surface area contributed by atoms with Gasteiger partial charge in [-0.3, -0.25) is 4.79 Å². The average Bonchev–Trinajstić information content (AvgIpc) is 2.42. The van der Waals surface area contributed by atoms with Crippen LogP contribution in [0.2, 0.25) is 0 Å². The lowest BCUT2D eigenvalue weighted by Crippen LogP contribution is -2.47. The normalized spacial score (nSPS) is 18.6. The molecule has 0 saturated heterocycles. The number of hydrogen-bond donors (Lipinski definition) is 1. The second-order valence-corrected chi connectivity index (χ2v) is 6.17. The molecule has 0 spiro atoms. The molecule has 0 bridgehead atoms. The molecular formula is C17H30N2O. The van der Waals surface area contributed by atoms with Crippen molar-refractivity contribution < 1.29 is 4.79 Å². The van der Waals surface area contributed by atoms with Crippen molar-refractivity contribution in [3.8, 4) is 6.07 Å². The maximum atomic E-state index is 12.0. The Morgan fingerprint density at radius 1 is 1.05 bits per heavy atom. The van der Waals surface area contributed by atoms with Gasteiger partial charge in [0.15, 0.2) is 0 Å². The molecule has 1 saturated carbocycles. The van der Waals surface area contributed by atoms with Crippen molar-refractivity contribution >= 4 is 5.91 Å². The first-order valence-electron chi connectivity index (χ1n) is 8.45. The van der Waals surface area contributed by atoms with Gasteiger partial charge in [-0.1, -0.05) is 64.7 Å². The number of carbonyl (C=O) groups is 1. The van der Waals surface area contributed by atoms with E-state index in [-0.39, 0.29) is 5.91 Å². The van der Waals surface area contributed by atoms with Crippen molar-refractivity contribution in [2.24, 2.45) is 0 Å². The van der Waals surface area contributed by atoms with E-state index in [9.17, 15) is 10.1 Å². The van der Waals surface area contributed by atoms with Gasteiger partial charge in [-0.25, -0.2) is 0 Å². The molecule has 0 radical (unpaired) electrons. The summed E-state index contributed by atoms with van der Waals surface area (Å²) in [7, 11) is 0. The van der Waals surface area contributed by atoms with Gasteiger partial charge >= 0.3 is 0 Å². The third-order valence-corrected chi connectivity index (χ3v) is 4.31. The Hall–Kier alpha value is -1.04. The summed E-state index contributed by atoms with van der Waals surface area (Å²) in [5, 5.41) is 12.5. The summed E-state index contributed by atoms with van der Waals surface area (Å²) in [6.07, 6.45) is 13.8. The first-order valence-corrected chi connectivity index (χ1v) is 8.45. The van der Waals surface area contributed by atoms with Gasteiger partial charge in [0.05, 0.1) is 6.07 Å². The van der Waals surface area contributed by atoms with Gasteiger partial charge < -0.3 is 5.32 Å². The Morgan fingerprint density at radius 3 is 2.25 bits per heavy atom. The molecule has 1 amide bonds. The molecule has 1 rings (SSSR count). The Balaban J connectivity index is 2.34. The van der Waals surface area contributed by atoms with E-state index in [0.717, 1.165) is 38.5 Å². The zero-order chi connectivity index (χ0) is 14.7. The third-order valence-electron chi connectivity index (χ3n) is 4.31. The van der Waals surface area contributed by atoms with Gasteiger partial charge in [-0.2, -0.15) is 5.26 Å². The van der Waals surface area contributed by atoms with Crippen molar-refractivity contribution in [1.29, 1.82) is 5.26 Å². The Morgan fingerprint density at radius 2 is 1.65 bits per heavy atom. The lowest BCUT2D eigenvalue weighted by molar-refractivity contribution is -0.122. The third kappa shape index (κ3) is 6.41. The van der Waals surface area contributed by atoms with E-state index < -0.39 is 5.54 Å². The van der Waals surface area contributed by atoms with Crippen molar-refractivity contribution in [3.63, 3.8) is 0 Å². The number of hydrogen-bond acceptors (Lipinski definition) is 2. The van der Waals surface area contributed by atoms with E-state index in [0.29, 0.717) is 6.42 Å². The lowest BCUT2D eigenvalue weighted by atomic mass is 9.85. The Bertz CT molecular complexity index is 311. The number of unbranched alkanes of at least 4 members (excludes halogenated alkanes) is 4. The highest BCUT2D eigenvalue weighted by Gasteiger charge is 2.31. The quantitative estimate of drug-likeness (QED) is 0.698. The molecule has 1 N–H and O–H groups in total. The van der Waals surface area contributed by atoms with E-state index in [1.54, 1.807) is 0 Å². The van der Waals surface area contributed by atoms with Crippen LogP contribution in [0.4, 0.5) is 0 Å². The minimum absolute atomic E-state index is 0.0728. The van der Waals surface area contributed by atoms with Gasteiger partial charge in [-0.15, -0.1) is 0 Å². The first kappa shape index (κ1) is 17.0. The molecule has 0 aromatic carbocycles. The molecule has 0 aliphatic heterocycles. The molecule has 1 aliphatic carbocycles. The molecule has 3 nitrogen and oxygen atoms in total. The van der Waals surface area contributed by atoms with Crippen LogP contribution in [0.5, 0.6) is 0 Å². The summed E-state index contributed by atoms with van der Waals surface area (Å²) in [6.45, 7) is 2.19. The second kappa shape index (κ2) is 9.80. The zero-order valence-electron chi connectivity index (χ0n) is 13.0. The number of carbonyl (C=O) groups excluding carboxylic acids is 1. The summed E-state index contributed by atoms with van der Waals surface area (Å²) in [5.74, 6) is 0.0728. The lowest BCUT2D eigenvalue weighted by Gasteiger charge is -2.29. The SMILES string of the molecule is CCCCCCCC(=O)NC1(C#N)CCCCCCC1. The molecule has 1 aliphatic rings. The summed E-state index contributed by atoms with van der Waals surface area (Å²) in [5.41, 5.74) is -0.582. The second-order valence-electron chi connectivity index (χ2n) is 6.17. The fraction of sp³-hybridized carbons (Fsp3) is 0.882. The van der Waals surface area contributed by atoms with E-state index in [1.165, 1.54) is 38.5 Å². The predicted molar refractivity (Wildman–Crippen MR) is 82.2 cm³/mol. The topological polar surface area (TPSA) is 52.9 Å². The highest BCUT2D eigenvalue weighted by Crippen LogP contribution is 2.26. The minimum Gasteiger partial charge on any atom is -0.338 e. The molecule has 1 fully saturated rings. The first-order chi connectivity index (χ1) is 9.72. The smallest absolute Gasteiger partial charge is 0.221 e. The van der Waals surface area contributed by atoms with E-state index in [4.69, 9.17) is 0 Å². The fourth-order valence-corrected chi connectivity index (χ4v) is 2.99. The molecule has 0 aromatic rings. The van der Waals surface area contributed by atoms with Gasteiger partial charge in [0.1, 0.15) is 5.54 Å². The van der Waals surface area contributed by atoms with Crippen molar-refractivity contribution in [3.05, 3.63) is 0 Å². The number of nitriles is 1. The zero-order valence-corrected chi connectivity index (χ0v) is 13.0. The number of rotatable bonds is 7. The number of amides is 1. The molecular weight excluding hydrogens is 248 g/mol. The van der Waals surface area contributed by atoms with Crippen molar-refractivity contribution in [2.75, 3.05) is 0 Å². The van der Waals surface area contributed by atoms with Crippen LogP contribution in [0.25, 0.3) is 0 Å². The van der Waals surface area contributed by atoms with Crippen LogP contribution < -0.4 is 5.32 Å². The highest BCUT2D eigenvalue weighted by molar-refractivity contribution is 5.77. The summed E-state index contributed by atoms with van der Waals surface area (Å²) in [6, 6.07) is 2.39. The van der Waals surface area contributed by atoms with Crippen LogP contribution in [0.1, 0.15) is 90.4 Å². The van der Waals surface area contributed by atoms with Crippen LogP contribution in [-0.2, 0) is 4.79 Å². The fourth-order valence-electron chi connectivity index (χ4n) is 2.99. The van der Waals surface area contributed by atoms with Crippen LogP contribution in [0.3, 0.4) is 0 Å². The average molecular weight is 278 g/mol. The van der Waals surface area contributed by atoms with Crippen LogP contribution in [-0.4, -0.2) is 11.4 Å². The molecule has 0 unspecified atom stereocenters.